The smallest absolute Gasteiger partial charge is 0.331 e. The predicted octanol–water partition coefficient (Wildman–Crippen LogP) is 5.88. The van der Waals surface area contributed by atoms with Crippen molar-refractivity contribution >= 4 is 11.5 Å². The number of carbonyl (C=O) groups is 1. The van der Waals surface area contributed by atoms with E-state index in [4.69, 9.17) is 4.74 Å². The third kappa shape index (κ3) is 6.22. The predicted molar refractivity (Wildman–Crippen MR) is 104 cm³/mol. The minimum absolute atomic E-state index is 0.269. The molecule has 2 heteroatoms. The monoisotopic (exact) mass is 336 g/mol. The average molecular weight is 336 g/mol. The molecule has 0 spiro atoms. The van der Waals surface area contributed by atoms with Crippen LogP contribution in [0.25, 0.3) is 5.57 Å². The lowest BCUT2D eigenvalue weighted by Gasteiger charge is -2.13. The van der Waals surface area contributed by atoms with Gasteiger partial charge in [-0.3, -0.25) is 0 Å². The third-order valence-electron chi connectivity index (χ3n) is 4.48. The molecule has 2 aromatic rings. The Morgan fingerprint density at radius 1 is 0.920 bits per heavy atom. The van der Waals surface area contributed by atoms with Crippen molar-refractivity contribution in [1.82, 2.24) is 0 Å². The lowest BCUT2D eigenvalue weighted by Crippen LogP contribution is -2.08. The maximum absolute atomic E-state index is 12.3. The van der Waals surface area contributed by atoms with E-state index in [2.05, 4.69) is 13.8 Å². The van der Waals surface area contributed by atoms with E-state index in [9.17, 15) is 4.79 Å². The highest BCUT2D eigenvalue weighted by Crippen LogP contribution is 2.23. The molecule has 2 nitrogen and oxygen atoms in total. The molecule has 0 bridgehead atoms. The van der Waals surface area contributed by atoms with Crippen LogP contribution in [0, 0.1) is 5.92 Å². The fourth-order valence-electron chi connectivity index (χ4n) is 3.02. The van der Waals surface area contributed by atoms with E-state index >= 15 is 0 Å². The van der Waals surface area contributed by atoms with Crippen molar-refractivity contribution in [3.8, 4) is 0 Å². The molecule has 1 unspecified atom stereocenters. The van der Waals surface area contributed by atoms with Gasteiger partial charge in [-0.15, -0.1) is 0 Å². The number of ether oxygens (including phenoxy) is 1. The van der Waals surface area contributed by atoms with Gasteiger partial charge in [-0.1, -0.05) is 93.8 Å². The molecule has 0 aliphatic carbocycles. The second-order valence-electron chi connectivity index (χ2n) is 6.31. The normalized spacial score (nSPS) is 11.6. The van der Waals surface area contributed by atoms with Crippen LogP contribution in [-0.4, -0.2) is 12.6 Å². The second kappa shape index (κ2) is 10.5. The van der Waals surface area contributed by atoms with Gasteiger partial charge in [0.1, 0.15) is 0 Å². The third-order valence-corrected chi connectivity index (χ3v) is 4.48. The molecule has 2 rings (SSSR count). The Labute approximate surface area is 151 Å². The van der Waals surface area contributed by atoms with Crippen molar-refractivity contribution in [3.05, 3.63) is 77.9 Å². The summed E-state index contributed by atoms with van der Waals surface area (Å²) < 4.78 is 5.48. The molecule has 0 saturated heterocycles. The van der Waals surface area contributed by atoms with Gasteiger partial charge in [0.2, 0.25) is 0 Å². The molecule has 0 aromatic heterocycles. The zero-order valence-corrected chi connectivity index (χ0v) is 15.3. The maximum Gasteiger partial charge on any atom is 0.331 e. The Bertz CT molecular complexity index is 618. The molecule has 0 heterocycles. The van der Waals surface area contributed by atoms with Crippen molar-refractivity contribution in [2.24, 2.45) is 5.92 Å². The number of carbonyl (C=O) groups excluding carboxylic acids is 1. The van der Waals surface area contributed by atoms with E-state index in [0.29, 0.717) is 12.5 Å². The molecular formula is C23H28O2. The van der Waals surface area contributed by atoms with Crippen molar-refractivity contribution in [2.45, 2.75) is 39.5 Å². The SMILES string of the molecule is CCCC(CC)CCOC(=O)C=C(c1ccccc1)c1ccccc1. The summed E-state index contributed by atoms with van der Waals surface area (Å²) in [6.07, 6.45) is 6.07. The topological polar surface area (TPSA) is 26.3 Å². The van der Waals surface area contributed by atoms with Gasteiger partial charge in [-0.05, 0) is 29.0 Å². The van der Waals surface area contributed by atoms with Crippen LogP contribution in [0.3, 0.4) is 0 Å². The van der Waals surface area contributed by atoms with Crippen molar-refractivity contribution in [2.75, 3.05) is 6.61 Å². The van der Waals surface area contributed by atoms with Gasteiger partial charge >= 0.3 is 5.97 Å². The highest BCUT2D eigenvalue weighted by Gasteiger charge is 2.10. The Hall–Kier alpha value is -2.35. The molecule has 0 N–H and O–H groups in total. The lowest BCUT2D eigenvalue weighted by molar-refractivity contribution is -0.138. The lowest BCUT2D eigenvalue weighted by atomic mass is 9.97. The molecule has 0 amide bonds. The standard InChI is InChI=1S/C23H28O2/c1-3-11-19(4-2)16-17-25-23(24)18-22(20-12-7-5-8-13-20)21-14-9-6-10-15-21/h5-10,12-15,18-19H,3-4,11,16-17H2,1-2H3. The largest absolute Gasteiger partial charge is 0.463 e. The maximum atomic E-state index is 12.3. The van der Waals surface area contributed by atoms with Gasteiger partial charge in [0, 0.05) is 6.08 Å². The van der Waals surface area contributed by atoms with Crippen molar-refractivity contribution in [1.29, 1.82) is 0 Å². The number of hydrogen-bond donors (Lipinski definition) is 0. The second-order valence-corrected chi connectivity index (χ2v) is 6.31. The quantitative estimate of drug-likeness (QED) is 0.422. The van der Waals surface area contributed by atoms with E-state index in [1.165, 1.54) is 12.8 Å². The van der Waals surface area contributed by atoms with E-state index in [0.717, 1.165) is 29.5 Å². The van der Waals surface area contributed by atoms with Gasteiger partial charge in [-0.25, -0.2) is 4.79 Å². The number of esters is 1. The van der Waals surface area contributed by atoms with Crippen molar-refractivity contribution in [3.63, 3.8) is 0 Å². The molecule has 2 aromatic carbocycles. The first-order chi connectivity index (χ1) is 12.2. The van der Waals surface area contributed by atoms with Crippen LogP contribution in [0.2, 0.25) is 0 Å². The first-order valence-corrected chi connectivity index (χ1v) is 9.23. The molecule has 25 heavy (non-hydrogen) atoms. The highest BCUT2D eigenvalue weighted by atomic mass is 16.5. The summed E-state index contributed by atoms with van der Waals surface area (Å²) in [5, 5.41) is 0. The number of benzene rings is 2. The van der Waals surface area contributed by atoms with Crippen LogP contribution < -0.4 is 0 Å². The summed E-state index contributed by atoms with van der Waals surface area (Å²) in [6, 6.07) is 19.9. The van der Waals surface area contributed by atoms with Gasteiger partial charge in [-0.2, -0.15) is 0 Å². The summed E-state index contributed by atoms with van der Waals surface area (Å²) in [6.45, 7) is 4.89. The zero-order valence-electron chi connectivity index (χ0n) is 15.3. The molecular weight excluding hydrogens is 308 g/mol. The zero-order chi connectivity index (χ0) is 17.9. The van der Waals surface area contributed by atoms with E-state index in [1.54, 1.807) is 6.08 Å². The molecule has 0 radical (unpaired) electrons. The average Bonchev–Trinajstić information content (AvgIpc) is 2.67. The van der Waals surface area contributed by atoms with E-state index < -0.39 is 0 Å². The Morgan fingerprint density at radius 2 is 1.48 bits per heavy atom. The van der Waals surface area contributed by atoms with E-state index in [1.807, 2.05) is 60.7 Å². The van der Waals surface area contributed by atoms with Crippen molar-refractivity contribution < 1.29 is 9.53 Å². The summed E-state index contributed by atoms with van der Waals surface area (Å²) >= 11 is 0. The van der Waals surface area contributed by atoms with Gasteiger partial charge in [0.05, 0.1) is 6.61 Å². The van der Waals surface area contributed by atoms with E-state index in [-0.39, 0.29) is 5.97 Å². The fraction of sp³-hybridized carbons (Fsp3) is 0.348. The van der Waals surface area contributed by atoms with Crippen LogP contribution in [0.5, 0.6) is 0 Å². The minimum atomic E-state index is -0.269. The van der Waals surface area contributed by atoms with Gasteiger partial charge < -0.3 is 4.74 Å². The first-order valence-electron chi connectivity index (χ1n) is 9.23. The van der Waals surface area contributed by atoms with Gasteiger partial charge in [0.15, 0.2) is 0 Å². The van der Waals surface area contributed by atoms with Crippen LogP contribution in [-0.2, 0) is 9.53 Å². The van der Waals surface area contributed by atoms with Crippen LogP contribution in [0.15, 0.2) is 66.7 Å². The Balaban J connectivity index is 2.08. The summed E-state index contributed by atoms with van der Waals surface area (Å²) in [4.78, 5) is 12.3. The van der Waals surface area contributed by atoms with Gasteiger partial charge in [0.25, 0.3) is 0 Å². The number of hydrogen-bond acceptors (Lipinski definition) is 2. The van der Waals surface area contributed by atoms with Crippen LogP contribution >= 0.6 is 0 Å². The summed E-state index contributed by atoms with van der Waals surface area (Å²) in [5.74, 6) is 0.374. The highest BCUT2D eigenvalue weighted by molar-refractivity contribution is 5.96. The molecule has 0 saturated carbocycles. The fourth-order valence-corrected chi connectivity index (χ4v) is 3.02. The molecule has 0 fully saturated rings. The molecule has 1 atom stereocenters. The van der Waals surface area contributed by atoms with Crippen LogP contribution in [0.4, 0.5) is 0 Å². The summed E-state index contributed by atoms with van der Waals surface area (Å²) in [7, 11) is 0. The molecule has 132 valence electrons. The minimum Gasteiger partial charge on any atom is -0.463 e. The van der Waals surface area contributed by atoms with Crippen LogP contribution in [0.1, 0.15) is 50.7 Å². The molecule has 0 aliphatic heterocycles. The first kappa shape index (κ1) is 19.0. The number of rotatable bonds is 9. The summed E-state index contributed by atoms with van der Waals surface area (Å²) in [5.41, 5.74) is 2.93. The molecule has 0 aliphatic rings. The Kier molecular flexibility index (Phi) is 7.97. The Morgan fingerprint density at radius 3 is 1.96 bits per heavy atom.